The lowest BCUT2D eigenvalue weighted by atomic mass is 9.88. The van der Waals surface area contributed by atoms with E-state index in [1.165, 1.54) is 13.3 Å². The van der Waals surface area contributed by atoms with Gasteiger partial charge in [-0.3, -0.25) is 14.4 Å². The molecule has 2 rings (SSSR count). The average molecular weight is 318 g/mol. The van der Waals surface area contributed by atoms with Crippen LogP contribution >= 0.6 is 0 Å². The third-order valence-electron chi connectivity index (χ3n) is 4.09. The molecule has 1 saturated carbocycles. The van der Waals surface area contributed by atoms with Gasteiger partial charge >= 0.3 is 5.97 Å². The quantitative estimate of drug-likeness (QED) is 0.777. The monoisotopic (exact) mass is 318 g/mol. The van der Waals surface area contributed by atoms with Crippen LogP contribution in [0.4, 0.5) is 5.69 Å². The van der Waals surface area contributed by atoms with Crippen LogP contribution in [0.25, 0.3) is 0 Å². The first-order chi connectivity index (χ1) is 11.0. The van der Waals surface area contributed by atoms with E-state index in [0.717, 1.165) is 25.7 Å². The second-order valence-electron chi connectivity index (χ2n) is 5.94. The van der Waals surface area contributed by atoms with Gasteiger partial charge in [-0.1, -0.05) is 25.3 Å². The molecule has 0 bridgehead atoms. The molecule has 0 saturated heterocycles. The molecule has 23 heavy (non-hydrogen) atoms. The number of carbonyl (C=O) groups excluding carboxylic acids is 2. The molecule has 2 amide bonds. The summed E-state index contributed by atoms with van der Waals surface area (Å²) in [6, 6.07) is 5.56. The molecular weight excluding hydrogens is 296 g/mol. The molecule has 1 atom stereocenters. The van der Waals surface area contributed by atoms with E-state index in [0.29, 0.717) is 11.3 Å². The molecule has 1 unspecified atom stereocenters. The highest BCUT2D eigenvalue weighted by Crippen LogP contribution is 2.25. The fraction of sp³-hybridized carbons (Fsp3) is 0.471. The fourth-order valence-corrected chi connectivity index (χ4v) is 2.69. The van der Waals surface area contributed by atoms with Crippen LogP contribution in [0.15, 0.2) is 24.3 Å². The third kappa shape index (κ3) is 4.81. The van der Waals surface area contributed by atoms with Crippen LogP contribution in [0.5, 0.6) is 0 Å². The van der Waals surface area contributed by atoms with E-state index in [2.05, 4.69) is 10.6 Å². The summed E-state index contributed by atoms with van der Waals surface area (Å²) in [6.07, 6.45) is 5.15. The Kier molecular flexibility index (Phi) is 5.73. The SMILES string of the molecule is CC(NC(=O)c1cccc(NC(=O)C2CCCCC2)c1)C(=O)O. The van der Waals surface area contributed by atoms with Crippen molar-refractivity contribution in [3.8, 4) is 0 Å². The first kappa shape index (κ1) is 17.0. The van der Waals surface area contributed by atoms with Gasteiger partial charge in [0, 0.05) is 17.2 Å². The zero-order chi connectivity index (χ0) is 16.8. The van der Waals surface area contributed by atoms with Crippen LogP contribution in [-0.2, 0) is 9.59 Å². The zero-order valence-electron chi connectivity index (χ0n) is 13.2. The molecule has 1 fully saturated rings. The van der Waals surface area contributed by atoms with Crippen molar-refractivity contribution in [1.82, 2.24) is 5.32 Å². The molecule has 0 aromatic heterocycles. The molecule has 1 aliphatic carbocycles. The van der Waals surface area contributed by atoms with Gasteiger partial charge in [0.15, 0.2) is 0 Å². The van der Waals surface area contributed by atoms with Gasteiger partial charge in [-0.05, 0) is 38.0 Å². The van der Waals surface area contributed by atoms with Crippen molar-refractivity contribution in [2.24, 2.45) is 5.92 Å². The molecule has 0 radical (unpaired) electrons. The Morgan fingerprint density at radius 3 is 2.52 bits per heavy atom. The summed E-state index contributed by atoms with van der Waals surface area (Å²) < 4.78 is 0. The second kappa shape index (κ2) is 7.76. The van der Waals surface area contributed by atoms with Crippen molar-refractivity contribution in [3.05, 3.63) is 29.8 Å². The molecule has 124 valence electrons. The number of amides is 2. The maximum absolute atomic E-state index is 12.2. The first-order valence-electron chi connectivity index (χ1n) is 7.92. The summed E-state index contributed by atoms with van der Waals surface area (Å²) >= 11 is 0. The lowest BCUT2D eigenvalue weighted by Gasteiger charge is -2.20. The summed E-state index contributed by atoms with van der Waals surface area (Å²) in [4.78, 5) is 35.0. The topological polar surface area (TPSA) is 95.5 Å². The highest BCUT2D eigenvalue weighted by Gasteiger charge is 2.21. The Hall–Kier alpha value is -2.37. The van der Waals surface area contributed by atoms with Crippen molar-refractivity contribution in [3.63, 3.8) is 0 Å². The number of carboxylic acid groups (broad SMARTS) is 1. The number of aliphatic carboxylic acids is 1. The maximum Gasteiger partial charge on any atom is 0.325 e. The van der Waals surface area contributed by atoms with Crippen LogP contribution in [0, 0.1) is 5.92 Å². The van der Waals surface area contributed by atoms with Gasteiger partial charge in [0.1, 0.15) is 6.04 Å². The molecule has 0 aliphatic heterocycles. The Bertz CT molecular complexity index is 594. The number of anilines is 1. The van der Waals surface area contributed by atoms with Crippen molar-refractivity contribution < 1.29 is 19.5 Å². The van der Waals surface area contributed by atoms with Crippen molar-refractivity contribution in [1.29, 1.82) is 0 Å². The summed E-state index contributed by atoms with van der Waals surface area (Å²) in [5, 5.41) is 14.1. The van der Waals surface area contributed by atoms with E-state index in [1.54, 1.807) is 24.3 Å². The van der Waals surface area contributed by atoms with E-state index in [-0.39, 0.29) is 11.8 Å². The van der Waals surface area contributed by atoms with Crippen molar-refractivity contribution in [2.75, 3.05) is 5.32 Å². The highest BCUT2D eigenvalue weighted by atomic mass is 16.4. The van der Waals surface area contributed by atoms with E-state index in [4.69, 9.17) is 5.11 Å². The molecule has 6 nitrogen and oxygen atoms in total. The number of carboxylic acids is 1. The molecule has 0 heterocycles. The van der Waals surface area contributed by atoms with Gasteiger partial charge in [0.05, 0.1) is 0 Å². The van der Waals surface area contributed by atoms with Gasteiger partial charge in [0.2, 0.25) is 5.91 Å². The van der Waals surface area contributed by atoms with Crippen LogP contribution < -0.4 is 10.6 Å². The van der Waals surface area contributed by atoms with Crippen LogP contribution in [-0.4, -0.2) is 28.9 Å². The molecule has 6 heteroatoms. The largest absolute Gasteiger partial charge is 0.480 e. The molecule has 3 N–H and O–H groups in total. The Morgan fingerprint density at radius 1 is 1.17 bits per heavy atom. The molecule has 1 aliphatic rings. The zero-order valence-corrected chi connectivity index (χ0v) is 13.2. The van der Waals surface area contributed by atoms with E-state index in [9.17, 15) is 14.4 Å². The number of hydrogen-bond acceptors (Lipinski definition) is 3. The Labute approximate surface area is 135 Å². The summed E-state index contributed by atoms with van der Waals surface area (Å²) in [7, 11) is 0. The molecule has 0 spiro atoms. The average Bonchev–Trinajstić information content (AvgIpc) is 2.55. The van der Waals surface area contributed by atoms with Gasteiger partial charge in [-0.15, -0.1) is 0 Å². The van der Waals surface area contributed by atoms with Gasteiger partial charge in [-0.2, -0.15) is 0 Å². The van der Waals surface area contributed by atoms with Gasteiger partial charge in [0.25, 0.3) is 5.91 Å². The molecule has 1 aromatic carbocycles. The minimum absolute atomic E-state index is 0.0128. The minimum Gasteiger partial charge on any atom is -0.480 e. The van der Waals surface area contributed by atoms with E-state index < -0.39 is 17.9 Å². The van der Waals surface area contributed by atoms with Crippen LogP contribution in [0.1, 0.15) is 49.4 Å². The molecular formula is C17H22N2O4. The van der Waals surface area contributed by atoms with Crippen molar-refractivity contribution in [2.45, 2.75) is 45.1 Å². The summed E-state index contributed by atoms with van der Waals surface area (Å²) in [5.74, 6) is -1.55. The van der Waals surface area contributed by atoms with E-state index >= 15 is 0 Å². The summed E-state index contributed by atoms with van der Waals surface area (Å²) in [5.41, 5.74) is 0.871. The normalized spacial score (nSPS) is 16.4. The van der Waals surface area contributed by atoms with Crippen molar-refractivity contribution >= 4 is 23.5 Å². The number of carbonyl (C=O) groups is 3. The minimum atomic E-state index is -1.10. The first-order valence-corrected chi connectivity index (χ1v) is 7.92. The smallest absolute Gasteiger partial charge is 0.325 e. The van der Waals surface area contributed by atoms with E-state index in [1.807, 2.05) is 0 Å². The fourth-order valence-electron chi connectivity index (χ4n) is 2.69. The molecule has 1 aromatic rings. The lowest BCUT2D eigenvalue weighted by molar-refractivity contribution is -0.138. The van der Waals surface area contributed by atoms with Crippen LogP contribution in [0.2, 0.25) is 0 Å². The number of nitrogens with one attached hydrogen (secondary N) is 2. The number of hydrogen-bond donors (Lipinski definition) is 3. The maximum atomic E-state index is 12.2. The third-order valence-corrected chi connectivity index (χ3v) is 4.09. The predicted molar refractivity (Wildman–Crippen MR) is 86.2 cm³/mol. The Morgan fingerprint density at radius 2 is 1.87 bits per heavy atom. The van der Waals surface area contributed by atoms with Crippen LogP contribution in [0.3, 0.4) is 0 Å². The van der Waals surface area contributed by atoms with Gasteiger partial charge < -0.3 is 15.7 Å². The highest BCUT2D eigenvalue weighted by molar-refractivity contribution is 5.99. The predicted octanol–water partition coefficient (Wildman–Crippen LogP) is 2.41. The number of rotatable bonds is 5. The summed E-state index contributed by atoms with van der Waals surface area (Å²) in [6.45, 7) is 1.40. The number of benzene rings is 1. The lowest BCUT2D eigenvalue weighted by Crippen LogP contribution is -2.38. The second-order valence-corrected chi connectivity index (χ2v) is 5.94. The van der Waals surface area contributed by atoms with Gasteiger partial charge in [-0.25, -0.2) is 0 Å². The Balaban J connectivity index is 2.00. The standard InChI is InChI=1S/C17H22N2O4/c1-11(17(22)23)18-16(21)13-8-5-9-14(10-13)19-15(20)12-6-3-2-4-7-12/h5,8-12H,2-4,6-7H2,1H3,(H,18,21)(H,19,20)(H,22,23).